The Morgan fingerprint density at radius 1 is 1.10 bits per heavy atom. The molecule has 4 heteroatoms. The van der Waals surface area contributed by atoms with Gasteiger partial charge in [-0.15, -0.1) is 0 Å². The largest absolute Gasteiger partial charge is 0.494 e. The average Bonchev–Trinajstić information content (AvgIpc) is 2.87. The fraction of sp³-hybridized carbons (Fsp3) is 0.188. The number of fused-ring (bicyclic) bond motifs is 1. The normalized spacial score (nSPS) is 10.8. The minimum Gasteiger partial charge on any atom is -0.494 e. The predicted molar refractivity (Wildman–Crippen MR) is 81.7 cm³/mol. The smallest absolute Gasteiger partial charge is 0.153 e. The summed E-state index contributed by atoms with van der Waals surface area (Å²) in [6.07, 6.45) is 1.01. The first-order valence-corrected chi connectivity index (χ1v) is 6.75. The molecule has 0 atom stereocenters. The summed E-state index contributed by atoms with van der Waals surface area (Å²) in [5.41, 5.74) is 9.05. The Labute approximate surface area is 117 Å². The van der Waals surface area contributed by atoms with E-state index in [2.05, 4.69) is 41.4 Å². The third-order valence-electron chi connectivity index (χ3n) is 3.25. The molecule has 102 valence electrons. The summed E-state index contributed by atoms with van der Waals surface area (Å²) in [6.45, 7) is 2.84. The summed E-state index contributed by atoms with van der Waals surface area (Å²) in [7, 11) is 0. The van der Waals surface area contributed by atoms with E-state index in [1.807, 2.05) is 18.2 Å². The van der Waals surface area contributed by atoms with Crippen LogP contribution in [0.25, 0.3) is 22.0 Å². The van der Waals surface area contributed by atoms with Crippen LogP contribution < -0.4 is 10.5 Å². The summed E-state index contributed by atoms with van der Waals surface area (Å²) >= 11 is 0. The van der Waals surface area contributed by atoms with Crippen LogP contribution in [0.15, 0.2) is 42.5 Å². The number of aromatic nitrogens is 2. The van der Waals surface area contributed by atoms with Crippen LogP contribution in [0.1, 0.15) is 13.3 Å². The molecule has 0 unspecified atom stereocenters. The van der Waals surface area contributed by atoms with Gasteiger partial charge in [-0.3, -0.25) is 5.10 Å². The Hall–Kier alpha value is -2.49. The first-order valence-electron chi connectivity index (χ1n) is 6.75. The van der Waals surface area contributed by atoms with Crippen molar-refractivity contribution in [2.45, 2.75) is 13.3 Å². The van der Waals surface area contributed by atoms with E-state index in [9.17, 15) is 0 Å². The highest BCUT2D eigenvalue weighted by Crippen LogP contribution is 2.27. The van der Waals surface area contributed by atoms with E-state index in [0.29, 0.717) is 5.82 Å². The maximum absolute atomic E-state index is 5.84. The molecule has 3 N–H and O–H groups in total. The fourth-order valence-electron chi connectivity index (χ4n) is 2.18. The lowest BCUT2D eigenvalue weighted by molar-refractivity contribution is 0.317. The molecule has 0 bridgehead atoms. The molecule has 4 nitrogen and oxygen atoms in total. The highest BCUT2D eigenvalue weighted by atomic mass is 16.5. The van der Waals surface area contributed by atoms with Gasteiger partial charge in [-0.25, -0.2) is 0 Å². The molecule has 0 saturated heterocycles. The third-order valence-corrected chi connectivity index (χ3v) is 3.25. The number of hydrogen-bond donors (Lipinski definition) is 2. The zero-order valence-electron chi connectivity index (χ0n) is 11.4. The molecule has 2 aromatic carbocycles. The van der Waals surface area contributed by atoms with Gasteiger partial charge in [-0.05, 0) is 41.8 Å². The lowest BCUT2D eigenvalue weighted by atomic mass is 10.0. The molecule has 0 amide bonds. The number of ether oxygens (including phenoxy) is 1. The van der Waals surface area contributed by atoms with E-state index < -0.39 is 0 Å². The summed E-state index contributed by atoms with van der Waals surface area (Å²) in [5.74, 6) is 1.43. The second-order valence-electron chi connectivity index (χ2n) is 4.74. The zero-order valence-corrected chi connectivity index (χ0v) is 11.4. The standard InChI is InChI=1S/C16H17N3O/c1-2-9-20-13-6-3-11(4-7-13)12-5-8-15-14(10-12)16(17)19-18-15/h3-8,10H,2,9H2,1H3,(H3,17,18,19). The highest BCUT2D eigenvalue weighted by Gasteiger charge is 2.05. The number of nitrogen functional groups attached to an aromatic ring is 1. The van der Waals surface area contributed by atoms with Gasteiger partial charge in [0.05, 0.1) is 12.1 Å². The van der Waals surface area contributed by atoms with E-state index in [-0.39, 0.29) is 0 Å². The van der Waals surface area contributed by atoms with Crippen LogP contribution in [-0.4, -0.2) is 16.8 Å². The topological polar surface area (TPSA) is 63.9 Å². The molecule has 3 rings (SSSR count). The van der Waals surface area contributed by atoms with Crippen LogP contribution >= 0.6 is 0 Å². The number of hydrogen-bond acceptors (Lipinski definition) is 3. The molecule has 0 spiro atoms. The van der Waals surface area contributed by atoms with Gasteiger partial charge in [0.15, 0.2) is 5.82 Å². The molecule has 20 heavy (non-hydrogen) atoms. The van der Waals surface area contributed by atoms with Crippen molar-refractivity contribution in [3.8, 4) is 16.9 Å². The monoisotopic (exact) mass is 267 g/mol. The van der Waals surface area contributed by atoms with Crippen LogP contribution in [0.4, 0.5) is 5.82 Å². The molecular weight excluding hydrogens is 250 g/mol. The van der Waals surface area contributed by atoms with E-state index in [1.54, 1.807) is 0 Å². The predicted octanol–water partition coefficient (Wildman–Crippen LogP) is 3.60. The van der Waals surface area contributed by atoms with Crippen molar-refractivity contribution in [1.29, 1.82) is 0 Å². The van der Waals surface area contributed by atoms with Gasteiger partial charge in [-0.1, -0.05) is 25.1 Å². The number of anilines is 1. The fourth-order valence-corrected chi connectivity index (χ4v) is 2.18. The minimum absolute atomic E-state index is 0.532. The number of aromatic amines is 1. The van der Waals surface area contributed by atoms with Crippen molar-refractivity contribution in [1.82, 2.24) is 10.2 Å². The molecule has 0 radical (unpaired) electrons. The van der Waals surface area contributed by atoms with Gasteiger partial charge in [0, 0.05) is 5.39 Å². The second-order valence-corrected chi connectivity index (χ2v) is 4.74. The van der Waals surface area contributed by atoms with Crippen LogP contribution in [0.2, 0.25) is 0 Å². The summed E-state index contributed by atoms with van der Waals surface area (Å²) in [4.78, 5) is 0. The number of nitrogens with zero attached hydrogens (tertiary/aromatic N) is 1. The first kappa shape index (κ1) is 12.5. The molecule has 0 aliphatic rings. The molecule has 1 heterocycles. The lowest BCUT2D eigenvalue weighted by Crippen LogP contribution is -1.94. The molecule has 0 aliphatic heterocycles. The van der Waals surface area contributed by atoms with Crippen molar-refractivity contribution in [3.05, 3.63) is 42.5 Å². The van der Waals surface area contributed by atoms with Crippen molar-refractivity contribution in [2.75, 3.05) is 12.3 Å². The van der Waals surface area contributed by atoms with Crippen LogP contribution in [0, 0.1) is 0 Å². The molecule has 0 fully saturated rings. The van der Waals surface area contributed by atoms with Crippen LogP contribution in [-0.2, 0) is 0 Å². The SMILES string of the molecule is CCCOc1ccc(-c2ccc3[nH]nc(N)c3c2)cc1. The quantitative estimate of drug-likeness (QED) is 0.759. The number of benzene rings is 2. The Morgan fingerprint density at radius 2 is 1.85 bits per heavy atom. The number of H-pyrrole nitrogens is 1. The van der Waals surface area contributed by atoms with E-state index in [1.165, 1.54) is 0 Å². The Morgan fingerprint density at radius 3 is 2.60 bits per heavy atom. The molecule has 0 aliphatic carbocycles. The van der Waals surface area contributed by atoms with Crippen molar-refractivity contribution >= 4 is 16.7 Å². The number of nitrogens with two attached hydrogens (primary N) is 1. The molecular formula is C16H17N3O. The number of rotatable bonds is 4. The minimum atomic E-state index is 0.532. The van der Waals surface area contributed by atoms with E-state index in [0.717, 1.165) is 40.8 Å². The maximum Gasteiger partial charge on any atom is 0.153 e. The Kier molecular flexibility index (Phi) is 3.29. The maximum atomic E-state index is 5.84. The van der Waals surface area contributed by atoms with Crippen molar-refractivity contribution < 1.29 is 4.74 Å². The van der Waals surface area contributed by atoms with E-state index in [4.69, 9.17) is 10.5 Å². The van der Waals surface area contributed by atoms with Crippen molar-refractivity contribution in [3.63, 3.8) is 0 Å². The summed E-state index contributed by atoms with van der Waals surface area (Å²) < 4.78 is 5.59. The summed E-state index contributed by atoms with van der Waals surface area (Å²) in [5, 5.41) is 7.87. The molecule has 3 aromatic rings. The second kappa shape index (κ2) is 5.25. The molecule has 0 saturated carbocycles. The average molecular weight is 267 g/mol. The highest BCUT2D eigenvalue weighted by molar-refractivity contribution is 5.92. The summed E-state index contributed by atoms with van der Waals surface area (Å²) in [6, 6.07) is 14.2. The Bertz CT molecular complexity index is 716. The van der Waals surface area contributed by atoms with Gasteiger partial charge in [0.25, 0.3) is 0 Å². The third kappa shape index (κ3) is 2.32. The van der Waals surface area contributed by atoms with Gasteiger partial charge in [0.2, 0.25) is 0 Å². The van der Waals surface area contributed by atoms with Crippen molar-refractivity contribution in [2.24, 2.45) is 0 Å². The van der Waals surface area contributed by atoms with Gasteiger partial charge < -0.3 is 10.5 Å². The van der Waals surface area contributed by atoms with Gasteiger partial charge in [0.1, 0.15) is 5.75 Å². The first-order chi connectivity index (χ1) is 9.78. The van der Waals surface area contributed by atoms with Crippen LogP contribution in [0.3, 0.4) is 0 Å². The number of nitrogens with one attached hydrogen (secondary N) is 1. The van der Waals surface area contributed by atoms with Gasteiger partial charge >= 0.3 is 0 Å². The lowest BCUT2D eigenvalue weighted by Gasteiger charge is -2.06. The van der Waals surface area contributed by atoms with Crippen LogP contribution in [0.5, 0.6) is 5.75 Å². The van der Waals surface area contributed by atoms with E-state index >= 15 is 0 Å². The zero-order chi connectivity index (χ0) is 13.9. The molecule has 1 aromatic heterocycles. The van der Waals surface area contributed by atoms with Gasteiger partial charge in [-0.2, -0.15) is 5.10 Å². The Balaban J connectivity index is 1.91.